The molecule has 2 aliphatic rings. The number of thioether (sulfide) groups is 1. The molecule has 1 aromatic rings. The summed E-state index contributed by atoms with van der Waals surface area (Å²) in [5.74, 6) is 0.0264. The molecule has 0 spiro atoms. The average molecular weight is 333 g/mol. The standard InChI is InChI=1S/C17H19NO4S/c1-11-3-4-13(9-12(11)2)14(19)10-22-16(21)17-6-5-15(20)18(17)7-8-23-17/h3-4,9H,5-8,10H2,1-2H3. The van der Waals surface area contributed by atoms with Gasteiger partial charge in [0.15, 0.2) is 17.3 Å². The molecule has 0 aromatic heterocycles. The first-order valence-electron chi connectivity index (χ1n) is 7.66. The number of amides is 1. The van der Waals surface area contributed by atoms with E-state index >= 15 is 0 Å². The summed E-state index contributed by atoms with van der Waals surface area (Å²) in [6.07, 6.45) is 0.834. The van der Waals surface area contributed by atoms with Crippen LogP contribution in [-0.2, 0) is 14.3 Å². The topological polar surface area (TPSA) is 63.7 Å². The van der Waals surface area contributed by atoms with Crippen LogP contribution < -0.4 is 0 Å². The smallest absolute Gasteiger partial charge is 0.343 e. The molecule has 0 aliphatic carbocycles. The van der Waals surface area contributed by atoms with Crippen molar-refractivity contribution in [3.63, 3.8) is 0 Å². The Bertz CT molecular complexity index is 687. The van der Waals surface area contributed by atoms with Gasteiger partial charge in [0, 0.05) is 24.3 Å². The number of hydrogen-bond acceptors (Lipinski definition) is 5. The minimum absolute atomic E-state index is 0.00700. The molecule has 122 valence electrons. The van der Waals surface area contributed by atoms with Crippen molar-refractivity contribution in [3.8, 4) is 0 Å². The lowest BCUT2D eigenvalue weighted by atomic mass is 10.0. The molecule has 3 rings (SSSR count). The summed E-state index contributed by atoms with van der Waals surface area (Å²) in [5.41, 5.74) is 2.68. The zero-order valence-electron chi connectivity index (χ0n) is 13.3. The normalized spacial score (nSPS) is 23.0. The SMILES string of the molecule is Cc1ccc(C(=O)COC(=O)C23CCC(=O)N2CCS3)cc1C. The average Bonchev–Trinajstić information content (AvgIpc) is 3.09. The third-order valence-electron chi connectivity index (χ3n) is 4.55. The van der Waals surface area contributed by atoms with Crippen LogP contribution >= 0.6 is 11.8 Å². The zero-order chi connectivity index (χ0) is 16.6. The molecule has 0 bridgehead atoms. The fraction of sp³-hybridized carbons (Fsp3) is 0.471. The van der Waals surface area contributed by atoms with E-state index in [9.17, 15) is 14.4 Å². The second-order valence-corrected chi connectivity index (χ2v) is 7.35. The summed E-state index contributed by atoms with van der Waals surface area (Å²) in [6, 6.07) is 5.43. The highest BCUT2D eigenvalue weighted by atomic mass is 32.2. The van der Waals surface area contributed by atoms with Crippen molar-refractivity contribution in [2.45, 2.75) is 31.6 Å². The first-order chi connectivity index (χ1) is 10.9. The number of fused-ring (bicyclic) bond motifs is 1. The van der Waals surface area contributed by atoms with E-state index in [4.69, 9.17) is 4.74 Å². The third kappa shape index (κ3) is 2.76. The van der Waals surface area contributed by atoms with Gasteiger partial charge in [0.25, 0.3) is 0 Å². The third-order valence-corrected chi connectivity index (χ3v) is 6.01. The first-order valence-corrected chi connectivity index (χ1v) is 8.65. The number of ether oxygens (including phenoxy) is 1. The highest BCUT2D eigenvalue weighted by molar-refractivity contribution is 8.01. The van der Waals surface area contributed by atoms with Gasteiger partial charge in [0.05, 0.1) is 0 Å². The Balaban J connectivity index is 1.66. The molecule has 2 saturated heterocycles. The second kappa shape index (κ2) is 6.00. The summed E-state index contributed by atoms with van der Waals surface area (Å²) in [5, 5.41) is 0. The lowest BCUT2D eigenvalue weighted by molar-refractivity contribution is -0.152. The van der Waals surface area contributed by atoms with Gasteiger partial charge in [-0.05, 0) is 37.5 Å². The van der Waals surface area contributed by atoms with Crippen molar-refractivity contribution in [2.75, 3.05) is 18.9 Å². The molecule has 0 N–H and O–H groups in total. The predicted molar refractivity (Wildman–Crippen MR) is 87.3 cm³/mol. The lowest BCUT2D eigenvalue weighted by Gasteiger charge is -2.28. The van der Waals surface area contributed by atoms with Crippen molar-refractivity contribution >= 4 is 29.4 Å². The highest BCUT2D eigenvalue weighted by Gasteiger charge is 2.56. The monoisotopic (exact) mass is 333 g/mol. The molecule has 6 heteroatoms. The fourth-order valence-electron chi connectivity index (χ4n) is 3.02. The van der Waals surface area contributed by atoms with Gasteiger partial charge in [-0.25, -0.2) is 4.79 Å². The summed E-state index contributed by atoms with van der Waals surface area (Å²) >= 11 is 1.44. The molecule has 0 saturated carbocycles. The lowest BCUT2D eigenvalue weighted by Crippen LogP contribution is -2.46. The number of ketones is 1. The summed E-state index contributed by atoms with van der Waals surface area (Å²) in [4.78, 5) is 37.2. The van der Waals surface area contributed by atoms with Gasteiger partial charge in [-0.15, -0.1) is 11.8 Å². The van der Waals surface area contributed by atoms with Gasteiger partial charge in [0.2, 0.25) is 5.91 Å². The number of rotatable bonds is 4. The maximum absolute atomic E-state index is 12.5. The minimum atomic E-state index is -0.902. The van der Waals surface area contributed by atoms with Gasteiger partial charge in [0.1, 0.15) is 0 Å². The Kier molecular flexibility index (Phi) is 4.19. The number of carbonyl (C=O) groups excluding carboxylic acids is 3. The van der Waals surface area contributed by atoms with Gasteiger partial charge in [-0.2, -0.15) is 0 Å². The Morgan fingerprint density at radius 3 is 2.83 bits per heavy atom. The van der Waals surface area contributed by atoms with Gasteiger partial charge in [-0.3, -0.25) is 9.59 Å². The molecule has 1 amide bonds. The van der Waals surface area contributed by atoms with Gasteiger partial charge >= 0.3 is 5.97 Å². The molecule has 1 unspecified atom stereocenters. The molecule has 2 heterocycles. The van der Waals surface area contributed by atoms with Crippen LogP contribution in [0.4, 0.5) is 0 Å². The van der Waals surface area contributed by atoms with Crippen molar-refractivity contribution in [2.24, 2.45) is 0 Å². The van der Waals surface area contributed by atoms with E-state index in [0.717, 1.165) is 16.9 Å². The van der Waals surface area contributed by atoms with Crippen LogP contribution in [0, 0.1) is 13.8 Å². The van der Waals surface area contributed by atoms with Crippen LogP contribution in [0.3, 0.4) is 0 Å². The summed E-state index contributed by atoms with van der Waals surface area (Å²) in [6.45, 7) is 4.20. The number of aryl methyl sites for hydroxylation is 2. The van der Waals surface area contributed by atoms with Crippen molar-refractivity contribution < 1.29 is 19.1 Å². The Labute approximate surface area is 139 Å². The van der Waals surface area contributed by atoms with Crippen molar-refractivity contribution in [1.29, 1.82) is 0 Å². The molecule has 1 atom stereocenters. The van der Waals surface area contributed by atoms with Crippen LogP contribution in [0.15, 0.2) is 18.2 Å². The van der Waals surface area contributed by atoms with Crippen molar-refractivity contribution in [1.82, 2.24) is 4.90 Å². The van der Waals surface area contributed by atoms with Crippen LogP contribution in [0.2, 0.25) is 0 Å². The Hall–Kier alpha value is -1.82. The summed E-state index contributed by atoms with van der Waals surface area (Å²) in [7, 11) is 0. The Morgan fingerprint density at radius 2 is 2.09 bits per heavy atom. The van der Waals surface area contributed by atoms with Crippen LogP contribution in [0.1, 0.15) is 34.3 Å². The van der Waals surface area contributed by atoms with E-state index in [0.29, 0.717) is 24.9 Å². The molecule has 2 aliphatic heterocycles. The predicted octanol–water partition coefficient (Wildman–Crippen LogP) is 2.09. The highest BCUT2D eigenvalue weighted by Crippen LogP contribution is 2.45. The number of hydrogen-bond donors (Lipinski definition) is 0. The number of nitrogens with zero attached hydrogens (tertiary/aromatic N) is 1. The zero-order valence-corrected chi connectivity index (χ0v) is 14.1. The van der Waals surface area contributed by atoms with Gasteiger partial charge < -0.3 is 9.64 Å². The maximum atomic E-state index is 12.5. The molecule has 1 aromatic carbocycles. The molecular weight excluding hydrogens is 314 g/mol. The number of carbonyl (C=O) groups is 3. The number of benzene rings is 1. The van der Waals surface area contributed by atoms with Crippen molar-refractivity contribution in [3.05, 3.63) is 34.9 Å². The fourth-order valence-corrected chi connectivity index (χ4v) is 4.41. The first kappa shape index (κ1) is 16.1. The van der Waals surface area contributed by atoms with Crippen LogP contribution in [0.25, 0.3) is 0 Å². The quantitative estimate of drug-likeness (QED) is 0.624. The number of Topliss-reactive ketones (excluding diaryl/α,β-unsaturated/α-hetero) is 1. The molecule has 2 fully saturated rings. The van der Waals surface area contributed by atoms with E-state index in [1.165, 1.54) is 11.8 Å². The maximum Gasteiger partial charge on any atom is 0.343 e. The minimum Gasteiger partial charge on any atom is -0.455 e. The Morgan fingerprint density at radius 1 is 1.30 bits per heavy atom. The van der Waals surface area contributed by atoms with E-state index in [1.807, 2.05) is 19.9 Å². The molecular formula is C17H19NO4S. The molecule has 5 nitrogen and oxygen atoms in total. The molecule has 0 radical (unpaired) electrons. The van der Waals surface area contributed by atoms with E-state index < -0.39 is 10.8 Å². The second-order valence-electron chi connectivity index (χ2n) is 5.98. The molecule has 23 heavy (non-hydrogen) atoms. The largest absolute Gasteiger partial charge is 0.455 e. The van der Waals surface area contributed by atoms with E-state index in [1.54, 1.807) is 17.0 Å². The van der Waals surface area contributed by atoms with Gasteiger partial charge in [-0.1, -0.05) is 12.1 Å². The van der Waals surface area contributed by atoms with E-state index in [-0.39, 0.29) is 18.3 Å². The van der Waals surface area contributed by atoms with Crippen LogP contribution in [-0.4, -0.2) is 46.3 Å². The van der Waals surface area contributed by atoms with Crippen LogP contribution in [0.5, 0.6) is 0 Å². The summed E-state index contributed by atoms with van der Waals surface area (Å²) < 4.78 is 5.26. The van der Waals surface area contributed by atoms with E-state index in [2.05, 4.69) is 0 Å². The number of esters is 1.